The monoisotopic (exact) mass is 519 g/mol. The lowest BCUT2D eigenvalue weighted by molar-refractivity contribution is -0.140. The second-order valence-electron chi connectivity index (χ2n) is 6.45. The van der Waals surface area contributed by atoms with Crippen molar-refractivity contribution in [2.75, 3.05) is 6.54 Å². The van der Waals surface area contributed by atoms with E-state index in [1.807, 2.05) is 18.2 Å². The molecule has 0 aliphatic rings. The number of aliphatic carboxylic acids is 2. The highest BCUT2D eigenvalue weighted by molar-refractivity contribution is 14.1. The molecule has 0 spiro atoms. The average molecular weight is 519 g/mol. The number of carbonyl (C=O) groups is 4. The molecule has 2 amide bonds. The van der Waals surface area contributed by atoms with Gasteiger partial charge in [0, 0.05) is 16.5 Å². The summed E-state index contributed by atoms with van der Waals surface area (Å²) in [6.45, 7) is 1.52. The van der Waals surface area contributed by atoms with E-state index in [4.69, 9.17) is 10.2 Å². The van der Waals surface area contributed by atoms with E-state index < -0.39 is 30.1 Å². The van der Waals surface area contributed by atoms with Gasteiger partial charge < -0.3 is 31.0 Å². The molecule has 0 aromatic heterocycles. The van der Waals surface area contributed by atoms with Gasteiger partial charge in [-0.15, -0.1) is 0 Å². The van der Waals surface area contributed by atoms with Gasteiger partial charge in [0.25, 0.3) is 0 Å². The van der Waals surface area contributed by atoms with Crippen LogP contribution >= 0.6 is 22.6 Å². The van der Waals surface area contributed by atoms with Crippen molar-refractivity contribution >= 4 is 46.8 Å². The summed E-state index contributed by atoms with van der Waals surface area (Å²) >= 11 is 2.28. The summed E-state index contributed by atoms with van der Waals surface area (Å²) < 4.78 is 1.19. The molecule has 0 fully saturated rings. The number of hydrogen-bond acceptors (Lipinski definition) is 5. The van der Waals surface area contributed by atoms with Crippen LogP contribution in [0.15, 0.2) is 24.3 Å². The van der Waals surface area contributed by atoms with E-state index in [-0.39, 0.29) is 12.8 Å². The molecule has 1 rings (SSSR count). The van der Waals surface area contributed by atoms with Crippen LogP contribution in [-0.4, -0.2) is 53.1 Å². The minimum atomic E-state index is -1.33. The van der Waals surface area contributed by atoms with E-state index in [0.29, 0.717) is 19.1 Å². The van der Waals surface area contributed by atoms with Crippen molar-refractivity contribution in [3.05, 3.63) is 33.4 Å². The van der Waals surface area contributed by atoms with Crippen LogP contribution in [0.2, 0.25) is 0 Å². The van der Waals surface area contributed by atoms with Crippen LogP contribution in [0.5, 0.6) is 0 Å². The number of amides is 2. The number of hydrogen-bond donors (Lipinski definition) is 5. The molecule has 0 unspecified atom stereocenters. The van der Waals surface area contributed by atoms with Crippen molar-refractivity contribution in [1.29, 1.82) is 0 Å². The summed E-state index contributed by atoms with van der Waals surface area (Å²) in [7, 11) is 0. The van der Waals surface area contributed by atoms with Crippen LogP contribution in [0.1, 0.15) is 37.7 Å². The molecule has 10 heteroatoms. The van der Waals surface area contributed by atoms with Crippen LogP contribution in [0.4, 0.5) is 4.79 Å². The first-order valence-electron chi connectivity index (χ1n) is 9.24. The fraction of sp³-hybridized carbons (Fsp3) is 0.474. The minimum Gasteiger partial charge on any atom is -0.481 e. The summed E-state index contributed by atoms with van der Waals surface area (Å²) in [5.41, 5.74) is 1.22. The molecule has 0 saturated heterocycles. The molecule has 0 heterocycles. The van der Waals surface area contributed by atoms with Gasteiger partial charge in [-0.2, -0.15) is 0 Å². The first kappa shape index (κ1) is 24.8. The summed E-state index contributed by atoms with van der Waals surface area (Å²) in [4.78, 5) is 44.7. The van der Waals surface area contributed by atoms with Crippen molar-refractivity contribution < 1.29 is 29.4 Å². The third-order valence-electron chi connectivity index (χ3n) is 4.12. The lowest BCUT2D eigenvalue weighted by atomic mass is 10.1. The van der Waals surface area contributed by atoms with Gasteiger partial charge in [-0.25, -0.2) is 9.59 Å². The molecule has 1 aromatic carbocycles. The van der Waals surface area contributed by atoms with Gasteiger partial charge in [0.2, 0.25) is 0 Å². The Morgan fingerprint density at radius 1 is 1.07 bits per heavy atom. The van der Waals surface area contributed by atoms with E-state index in [1.54, 1.807) is 0 Å². The fourth-order valence-corrected chi connectivity index (χ4v) is 3.12. The standard InChI is InChI=1S/C19H26IN3O6/c20-15-7-2-1-5-13(15)11-21-10-4-3-6-14(12-24)22-19(29)23-16(18(27)28)8-9-17(25)26/h1-2,5,7,12,14,16,21H,3-4,6,8-11H2,(H,25,26)(H,27,28)(H2,22,23,29)/t14-,16-/m0/s1. The van der Waals surface area contributed by atoms with E-state index in [9.17, 15) is 19.2 Å². The molecule has 5 N–H and O–H groups in total. The van der Waals surface area contributed by atoms with Gasteiger partial charge in [0.1, 0.15) is 12.3 Å². The first-order chi connectivity index (χ1) is 13.8. The fourth-order valence-electron chi connectivity index (χ4n) is 2.55. The van der Waals surface area contributed by atoms with Gasteiger partial charge in [-0.05, 0) is 66.4 Å². The lowest BCUT2D eigenvalue weighted by Gasteiger charge is -2.17. The number of carboxylic acid groups (broad SMARTS) is 2. The smallest absolute Gasteiger partial charge is 0.326 e. The molecular weight excluding hydrogens is 493 g/mol. The Morgan fingerprint density at radius 3 is 2.41 bits per heavy atom. The summed E-state index contributed by atoms with van der Waals surface area (Å²) in [5.74, 6) is -2.48. The Morgan fingerprint density at radius 2 is 1.79 bits per heavy atom. The maximum atomic E-state index is 11.9. The largest absolute Gasteiger partial charge is 0.481 e. The Hall–Kier alpha value is -2.21. The highest BCUT2D eigenvalue weighted by Crippen LogP contribution is 2.10. The Bertz CT molecular complexity index is 700. The second-order valence-corrected chi connectivity index (χ2v) is 7.61. The van der Waals surface area contributed by atoms with Crippen LogP contribution in [0.25, 0.3) is 0 Å². The van der Waals surface area contributed by atoms with E-state index in [1.165, 1.54) is 9.13 Å². The van der Waals surface area contributed by atoms with Crippen molar-refractivity contribution in [2.45, 2.75) is 50.7 Å². The Labute approximate surface area is 182 Å². The average Bonchev–Trinajstić information content (AvgIpc) is 2.67. The molecule has 1 aromatic rings. The van der Waals surface area contributed by atoms with E-state index in [2.05, 4.69) is 44.6 Å². The predicted molar refractivity (Wildman–Crippen MR) is 115 cm³/mol. The highest BCUT2D eigenvalue weighted by atomic mass is 127. The molecule has 160 valence electrons. The number of carbonyl (C=O) groups excluding carboxylic acids is 2. The van der Waals surface area contributed by atoms with Crippen LogP contribution in [-0.2, 0) is 20.9 Å². The molecule has 0 radical (unpaired) electrons. The molecule has 0 aliphatic carbocycles. The maximum Gasteiger partial charge on any atom is 0.326 e. The number of nitrogens with one attached hydrogen (secondary N) is 3. The summed E-state index contributed by atoms with van der Waals surface area (Å²) in [6, 6.07) is 5.19. The third-order valence-corrected chi connectivity index (χ3v) is 5.18. The number of unbranched alkanes of at least 4 members (excludes halogenated alkanes) is 1. The number of urea groups is 1. The molecule has 9 nitrogen and oxygen atoms in total. The quantitative estimate of drug-likeness (QED) is 0.143. The Balaban J connectivity index is 2.27. The number of rotatable bonds is 14. The van der Waals surface area contributed by atoms with Crippen molar-refractivity contribution in [2.24, 2.45) is 0 Å². The summed E-state index contributed by atoms with van der Waals surface area (Å²) in [5, 5.41) is 25.6. The molecule has 0 aliphatic heterocycles. The molecule has 0 bridgehead atoms. The number of aldehydes is 1. The second kappa shape index (κ2) is 13.9. The molecule has 29 heavy (non-hydrogen) atoms. The number of benzene rings is 1. The molecule has 0 saturated carbocycles. The predicted octanol–water partition coefficient (Wildman–Crippen LogP) is 1.74. The first-order valence-corrected chi connectivity index (χ1v) is 10.3. The van der Waals surface area contributed by atoms with Crippen molar-refractivity contribution in [1.82, 2.24) is 16.0 Å². The minimum absolute atomic E-state index is 0.240. The number of carboxylic acids is 2. The van der Waals surface area contributed by atoms with Crippen LogP contribution < -0.4 is 16.0 Å². The molecular formula is C19H26IN3O6. The third kappa shape index (κ3) is 10.8. The summed E-state index contributed by atoms with van der Waals surface area (Å²) in [6.07, 6.45) is 1.91. The normalized spacial score (nSPS) is 12.6. The number of halogens is 1. The molecule has 2 atom stereocenters. The highest BCUT2D eigenvalue weighted by Gasteiger charge is 2.22. The van der Waals surface area contributed by atoms with Crippen molar-refractivity contribution in [3.8, 4) is 0 Å². The van der Waals surface area contributed by atoms with Gasteiger partial charge >= 0.3 is 18.0 Å². The van der Waals surface area contributed by atoms with Gasteiger partial charge in [-0.1, -0.05) is 18.2 Å². The van der Waals surface area contributed by atoms with Crippen LogP contribution in [0.3, 0.4) is 0 Å². The zero-order chi connectivity index (χ0) is 21.6. The zero-order valence-electron chi connectivity index (χ0n) is 15.9. The SMILES string of the molecule is O=C[C@H](CCCCNCc1ccccc1I)NC(=O)N[C@@H](CCC(=O)O)C(=O)O. The van der Waals surface area contributed by atoms with E-state index in [0.717, 1.165) is 19.5 Å². The maximum absolute atomic E-state index is 11.9. The van der Waals surface area contributed by atoms with Gasteiger partial charge in [-0.3, -0.25) is 4.79 Å². The Kier molecular flexibility index (Phi) is 11.9. The van der Waals surface area contributed by atoms with Gasteiger partial charge in [0.05, 0.1) is 6.04 Å². The lowest BCUT2D eigenvalue weighted by Crippen LogP contribution is -2.49. The van der Waals surface area contributed by atoms with E-state index >= 15 is 0 Å². The topological polar surface area (TPSA) is 145 Å². The van der Waals surface area contributed by atoms with Crippen LogP contribution in [0, 0.1) is 3.57 Å². The zero-order valence-corrected chi connectivity index (χ0v) is 18.1. The van der Waals surface area contributed by atoms with Crippen molar-refractivity contribution in [3.63, 3.8) is 0 Å². The van der Waals surface area contributed by atoms with Gasteiger partial charge in [0.15, 0.2) is 0 Å².